The Morgan fingerprint density at radius 1 is 1.33 bits per heavy atom. The van der Waals surface area contributed by atoms with Crippen LogP contribution in [0.5, 0.6) is 5.75 Å². The molecule has 0 saturated carbocycles. The van der Waals surface area contributed by atoms with Crippen molar-refractivity contribution >= 4 is 17.6 Å². The van der Waals surface area contributed by atoms with Gasteiger partial charge in [-0.05, 0) is 37.6 Å². The number of anilines is 1. The van der Waals surface area contributed by atoms with E-state index in [1.807, 2.05) is 31.2 Å². The smallest absolute Gasteiger partial charge is 0.315 e. The number of nitrogens with one attached hydrogen (secondary N) is 2. The fraction of sp³-hybridized carbons (Fsp3) is 0.529. The standard InChI is InChI=1S/C17H25N3O4/c1-3-24-10-4-9-18-17(22)19-13-11-16(21)20(12-13)14-5-7-15(23-2)8-6-14/h5-8,13H,3-4,9-12H2,1-2H3,(H2,18,19,22)/t13-/m0/s1. The molecule has 1 atom stereocenters. The molecule has 1 saturated heterocycles. The Kier molecular flexibility index (Phi) is 6.87. The Morgan fingerprint density at radius 2 is 2.08 bits per heavy atom. The molecule has 24 heavy (non-hydrogen) atoms. The molecule has 1 aliphatic rings. The van der Waals surface area contributed by atoms with Crippen LogP contribution in [0.25, 0.3) is 0 Å². The lowest BCUT2D eigenvalue weighted by Gasteiger charge is -2.17. The van der Waals surface area contributed by atoms with Crippen LogP contribution in [0.4, 0.5) is 10.5 Å². The molecule has 1 aliphatic heterocycles. The second-order valence-corrected chi connectivity index (χ2v) is 5.55. The first-order valence-corrected chi connectivity index (χ1v) is 8.20. The Morgan fingerprint density at radius 3 is 2.75 bits per heavy atom. The van der Waals surface area contributed by atoms with Gasteiger partial charge < -0.3 is 25.0 Å². The van der Waals surface area contributed by atoms with E-state index in [1.165, 1.54) is 0 Å². The third-order valence-electron chi connectivity index (χ3n) is 3.80. The van der Waals surface area contributed by atoms with Gasteiger partial charge in [-0.2, -0.15) is 0 Å². The van der Waals surface area contributed by atoms with E-state index >= 15 is 0 Å². The van der Waals surface area contributed by atoms with Gasteiger partial charge in [-0.15, -0.1) is 0 Å². The van der Waals surface area contributed by atoms with Crippen molar-refractivity contribution in [3.8, 4) is 5.75 Å². The van der Waals surface area contributed by atoms with Crippen molar-refractivity contribution in [1.29, 1.82) is 0 Å². The molecule has 0 spiro atoms. The van der Waals surface area contributed by atoms with Crippen LogP contribution in [-0.4, -0.2) is 51.4 Å². The van der Waals surface area contributed by atoms with Crippen molar-refractivity contribution in [2.75, 3.05) is 38.3 Å². The molecule has 1 fully saturated rings. The Hall–Kier alpha value is -2.28. The summed E-state index contributed by atoms with van der Waals surface area (Å²) in [5.41, 5.74) is 0.808. The van der Waals surface area contributed by atoms with Crippen LogP contribution in [-0.2, 0) is 9.53 Å². The van der Waals surface area contributed by atoms with Gasteiger partial charge in [0.05, 0.1) is 13.2 Å². The summed E-state index contributed by atoms with van der Waals surface area (Å²) in [6.45, 7) is 4.26. The number of carbonyl (C=O) groups excluding carboxylic acids is 2. The predicted octanol–water partition coefficient (Wildman–Crippen LogP) is 1.53. The first-order chi connectivity index (χ1) is 11.6. The molecule has 1 aromatic rings. The number of rotatable bonds is 8. The molecule has 2 N–H and O–H groups in total. The van der Waals surface area contributed by atoms with Crippen molar-refractivity contribution in [1.82, 2.24) is 10.6 Å². The van der Waals surface area contributed by atoms with E-state index in [4.69, 9.17) is 9.47 Å². The van der Waals surface area contributed by atoms with Gasteiger partial charge in [-0.25, -0.2) is 4.79 Å². The zero-order valence-corrected chi connectivity index (χ0v) is 14.2. The summed E-state index contributed by atoms with van der Waals surface area (Å²) in [5, 5.41) is 5.62. The monoisotopic (exact) mass is 335 g/mol. The van der Waals surface area contributed by atoms with E-state index in [1.54, 1.807) is 12.0 Å². The highest BCUT2D eigenvalue weighted by Gasteiger charge is 2.31. The van der Waals surface area contributed by atoms with Crippen LogP contribution in [0.15, 0.2) is 24.3 Å². The van der Waals surface area contributed by atoms with Gasteiger partial charge in [0.1, 0.15) is 5.75 Å². The third-order valence-corrected chi connectivity index (χ3v) is 3.80. The van der Waals surface area contributed by atoms with E-state index in [0.717, 1.165) is 17.9 Å². The maximum absolute atomic E-state index is 12.2. The topological polar surface area (TPSA) is 79.9 Å². The average molecular weight is 335 g/mol. The normalized spacial score (nSPS) is 17.0. The fourth-order valence-corrected chi connectivity index (χ4v) is 2.57. The maximum Gasteiger partial charge on any atom is 0.315 e. The van der Waals surface area contributed by atoms with Gasteiger partial charge in [-0.1, -0.05) is 0 Å². The van der Waals surface area contributed by atoms with E-state index in [0.29, 0.717) is 32.7 Å². The van der Waals surface area contributed by atoms with Crippen molar-refractivity contribution in [2.45, 2.75) is 25.8 Å². The van der Waals surface area contributed by atoms with Crippen molar-refractivity contribution in [2.24, 2.45) is 0 Å². The van der Waals surface area contributed by atoms with Crippen molar-refractivity contribution in [3.05, 3.63) is 24.3 Å². The minimum Gasteiger partial charge on any atom is -0.497 e. The van der Waals surface area contributed by atoms with Crippen LogP contribution < -0.4 is 20.3 Å². The van der Waals surface area contributed by atoms with Crippen LogP contribution in [0.1, 0.15) is 19.8 Å². The van der Waals surface area contributed by atoms with E-state index < -0.39 is 0 Å². The largest absolute Gasteiger partial charge is 0.497 e. The lowest BCUT2D eigenvalue weighted by molar-refractivity contribution is -0.117. The summed E-state index contributed by atoms with van der Waals surface area (Å²) >= 11 is 0. The number of amides is 3. The molecule has 7 heteroatoms. The molecule has 2 rings (SSSR count). The molecule has 0 bridgehead atoms. The highest BCUT2D eigenvalue weighted by atomic mass is 16.5. The fourth-order valence-electron chi connectivity index (χ4n) is 2.57. The van der Waals surface area contributed by atoms with Crippen LogP contribution in [0.2, 0.25) is 0 Å². The van der Waals surface area contributed by atoms with Gasteiger partial charge in [0.15, 0.2) is 0 Å². The average Bonchev–Trinajstić information content (AvgIpc) is 2.95. The first kappa shape index (κ1) is 18.1. The minimum atomic E-state index is -0.249. The number of urea groups is 1. The molecule has 1 aromatic carbocycles. The minimum absolute atomic E-state index is 0.00168. The lowest BCUT2D eigenvalue weighted by atomic mass is 10.2. The van der Waals surface area contributed by atoms with Gasteiger partial charge in [-0.3, -0.25) is 4.79 Å². The quantitative estimate of drug-likeness (QED) is 0.706. The summed E-state index contributed by atoms with van der Waals surface area (Å²) in [7, 11) is 1.60. The highest BCUT2D eigenvalue weighted by Crippen LogP contribution is 2.24. The molecule has 0 aliphatic carbocycles. The number of hydrogen-bond acceptors (Lipinski definition) is 4. The number of hydrogen-bond donors (Lipinski definition) is 2. The maximum atomic E-state index is 12.2. The summed E-state index contributed by atoms with van der Waals surface area (Å²) in [6.07, 6.45) is 1.07. The molecule has 7 nitrogen and oxygen atoms in total. The third kappa shape index (κ3) is 5.13. The zero-order valence-electron chi connectivity index (χ0n) is 14.2. The van der Waals surface area contributed by atoms with Gasteiger partial charge in [0.25, 0.3) is 0 Å². The summed E-state index contributed by atoms with van der Waals surface area (Å²) in [4.78, 5) is 25.7. The van der Waals surface area contributed by atoms with Gasteiger partial charge >= 0.3 is 6.03 Å². The SMILES string of the molecule is CCOCCCNC(=O)N[C@H]1CC(=O)N(c2ccc(OC)cc2)C1. The number of ether oxygens (including phenoxy) is 2. The molecular weight excluding hydrogens is 310 g/mol. The Balaban J connectivity index is 1.78. The molecule has 132 valence electrons. The molecule has 0 aromatic heterocycles. The van der Waals surface area contributed by atoms with E-state index in [9.17, 15) is 9.59 Å². The molecule has 1 heterocycles. The second kappa shape index (κ2) is 9.12. The van der Waals surface area contributed by atoms with Crippen molar-refractivity contribution < 1.29 is 19.1 Å². The second-order valence-electron chi connectivity index (χ2n) is 5.55. The zero-order chi connectivity index (χ0) is 17.4. The number of carbonyl (C=O) groups is 2. The van der Waals surface area contributed by atoms with Gasteiger partial charge in [0, 0.05) is 38.4 Å². The molecular formula is C17H25N3O4. The molecule has 3 amide bonds. The predicted molar refractivity (Wildman–Crippen MR) is 91.4 cm³/mol. The molecule has 0 unspecified atom stereocenters. The van der Waals surface area contributed by atoms with E-state index in [2.05, 4.69) is 10.6 Å². The van der Waals surface area contributed by atoms with Gasteiger partial charge in [0.2, 0.25) is 5.91 Å². The lowest BCUT2D eigenvalue weighted by Crippen LogP contribution is -2.43. The van der Waals surface area contributed by atoms with Crippen LogP contribution in [0.3, 0.4) is 0 Å². The molecule has 0 radical (unpaired) electrons. The summed E-state index contributed by atoms with van der Waals surface area (Å²) in [5.74, 6) is 0.744. The number of benzene rings is 1. The first-order valence-electron chi connectivity index (χ1n) is 8.20. The highest BCUT2D eigenvalue weighted by molar-refractivity contribution is 5.96. The number of nitrogens with zero attached hydrogens (tertiary/aromatic N) is 1. The summed E-state index contributed by atoms with van der Waals surface area (Å²) < 4.78 is 10.3. The van der Waals surface area contributed by atoms with Crippen LogP contribution in [0, 0.1) is 0 Å². The number of methoxy groups -OCH3 is 1. The van der Waals surface area contributed by atoms with Crippen LogP contribution >= 0.6 is 0 Å². The summed E-state index contributed by atoms with van der Waals surface area (Å²) in [6, 6.07) is 6.87. The van der Waals surface area contributed by atoms with Crippen molar-refractivity contribution in [3.63, 3.8) is 0 Å². The van der Waals surface area contributed by atoms with E-state index in [-0.39, 0.29) is 18.0 Å². The Bertz CT molecular complexity index is 547. The Labute approximate surface area is 142 Å².